The molecule has 0 spiro atoms. The number of nitrogens with zero attached hydrogens (tertiary/aromatic N) is 5. The number of hydrogen-bond donors (Lipinski definition) is 3. The van der Waals surface area contributed by atoms with Crippen LogP contribution in [0.3, 0.4) is 0 Å². The van der Waals surface area contributed by atoms with Crippen molar-refractivity contribution in [2.45, 2.75) is 62.0 Å². The summed E-state index contributed by atoms with van der Waals surface area (Å²) in [4.78, 5) is 16.1. The minimum atomic E-state index is -0.922. The van der Waals surface area contributed by atoms with Crippen molar-refractivity contribution >= 4 is 27.5 Å². The Morgan fingerprint density at radius 3 is 2.64 bits per heavy atom. The Bertz CT molecular complexity index is 1830. The molecule has 5 atom stereocenters. The second kappa shape index (κ2) is 11.8. The van der Waals surface area contributed by atoms with E-state index in [0.717, 1.165) is 32.2 Å². The van der Waals surface area contributed by atoms with Gasteiger partial charge in [-0.3, -0.25) is 9.80 Å². The summed E-state index contributed by atoms with van der Waals surface area (Å²) in [5, 5.41) is 21.9. The van der Waals surface area contributed by atoms with E-state index in [4.69, 9.17) is 15.5 Å². The highest BCUT2D eigenvalue weighted by molar-refractivity contribution is 6.01. The lowest BCUT2D eigenvalue weighted by molar-refractivity contribution is 0.0797. The molecule has 0 amide bonds. The number of piperazine rings is 1. The van der Waals surface area contributed by atoms with Gasteiger partial charge < -0.3 is 25.6 Å². The van der Waals surface area contributed by atoms with Gasteiger partial charge in [-0.25, -0.2) is 13.2 Å². The Labute approximate surface area is 270 Å². The third kappa shape index (κ3) is 5.26. The quantitative estimate of drug-likeness (QED) is 0.257. The fraction of sp³-hybridized carbons (Fsp3) is 0.486. The fourth-order valence-electron chi connectivity index (χ4n) is 8.64. The summed E-state index contributed by atoms with van der Waals surface area (Å²) in [6, 6.07) is 11.0. The molecule has 12 heteroatoms. The molecule has 4 fully saturated rings. The molecule has 3 aromatic carbocycles. The van der Waals surface area contributed by atoms with Crippen molar-refractivity contribution in [2.24, 2.45) is 5.73 Å². The van der Waals surface area contributed by atoms with Crippen molar-refractivity contribution < 1.29 is 28.1 Å². The van der Waals surface area contributed by atoms with Crippen molar-refractivity contribution in [3.8, 4) is 22.9 Å². The molecule has 9 nitrogen and oxygen atoms in total. The molecule has 4 saturated heterocycles. The first kappa shape index (κ1) is 30.6. The van der Waals surface area contributed by atoms with Gasteiger partial charge in [0.05, 0.1) is 11.6 Å². The van der Waals surface area contributed by atoms with Crippen molar-refractivity contribution in [1.82, 2.24) is 19.8 Å². The van der Waals surface area contributed by atoms with Gasteiger partial charge in [-0.05, 0) is 67.4 Å². The van der Waals surface area contributed by atoms with Gasteiger partial charge in [-0.2, -0.15) is 9.97 Å². The van der Waals surface area contributed by atoms with Crippen molar-refractivity contribution in [1.29, 1.82) is 0 Å². The Morgan fingerprint density at radius 2 is 1.85 bits per heavy atom. The molecular weight excluding hydrogens is 609 g/mol. The van der Waals surface area contributed by atoms with Crippen LogP contribution in [-0.2, 0) is 0 Å². The van der Waals surface area contributed by atoms with E-state index < -0.39 is 29.4 Å². The van der Waals surface area contributed by atoms with E-state index in [0.29, 0.717) is 49.2 Å². The van der Waals surface area contributed by atoms with E-state index in [1.54, 1.807) is 24.3 Å². The molecule has 4 aromatic rings. The zero-order valence-corrected chi connectivity index (χ0v) is 26.1. The number of phenolic OH excluding ortho intramolecular Hbond substituents is 1. The minimum absolute atomic E-state index is 0.00682. The Morgan fingerprint density at radius 1 is 1.04 bits per heavy atom. The lowest BCUT2D eigenvalue weighted by Crippen LogP contribution is -2.56. The lowest BCUT2D eigenvalue weighted by atomic mass is 9.95. The largest absolute Gasteiger partial charge is 0.508 e. The molecule has 1 aromatic heterocycles. The highest BCUT2D eigenvalue weighted by Crippen LogP contribution is 2.43. The molecular formula is C35H39F3N6O3. The van der Waals surface area contributed by atoms with Crippen LogP contribution < -0.4 is 15.4 Å². The van der Waals surface area contributed by atoms with Crippen molar-refractivity contribution in [2.75, 3.05) is 50.8 Å². The topological polar surface area (TPSA) is 111 Å². The Balaban J connectivity index is 1.22. The second-order valence-electron chi connectivity index (χ2n) is 13.7. The number of phenols is 1. The maximum absolute atomic E-state index is 16.8. The first-order valence-corrected chi connectivity index (χ1v) is 16.6. The van der Waals surface area contributed by atoms with Gasteiger partial charge in [0.1, 0.15) is 35.7 Å². The van der Waals surface area contributed by atoms with Crippen LogP contribution in [0.1, 0.15) is 32.1 Å². The first-order chi connectivity index (χ1) is 22.7. The summed E-state index contributed by atoms with van der Waals surface area (Å²) >= 11 is 0. The van der Waals surface area contributed by atoms with Crippen LogP contribution in [0, 0.1) is 11.6 Å². The molecule has 47 heavy (non-hydrogen) atoms. The highest BCUT2D eigenvalue weighted by Gasteiger charge is 2.49. The molecule has 0 saturated carbocycles. The van der Waals surface area contributed by atoms with Gasteiger partial charge in [-0.1, -0.05) is 18.2 Å². The number of aliphatic hydroxyl groups is 1. The van der Waals surface area contributed by atoms with Crippen LogP contribution in [0.4, 0.5) is 19.0 Å². The number of ether oxygens (including phenoxy) is 1. The van der Waals surface area contributed by atoms with E-state index in [1.807, 2.05) is 0 Å². The summed E-state index contributed by atoms with van der Waals surface area (Å²) < 4.78 is 52.8. The fourth-order valence-corrected chi connectivity index (χ4v) is 8.64. The third-order valence-electron chi connectivity index (χ3n) is 10.8. The summed E-state index contributed by atoms with van der Waals surface area (Å²) in [7, 11) is 0. The van der Waals surface area contributed by atoms with E-state index in [2.05, 4.69) is 19.7 Å². The van der Waals surface area contributed by atoms with E-state index in [9.17, 15) is 14.6 Å². The molecule has 3 unspecified atom stereocenters. The summed E-state index contributed by atoms with van der Waals surface area (Å²) in [5.41, 5.74) is 5.61. The van der Waals surface area contributed by atoms with Crippen LogP contribution in [-0.4, -0.2) is 106 Å². The number of anilines is 1. The van der Waals surface area contributed by atoms with E-state index in [-0.39, 0.29) is 59.0 Å². The molecule has 8 rings (SSSR count). The highest BCUT2D eigenvalue weighted by atomic mass is 19.1. The predicted molar refractivity (Wildman–Crippen MR) is 173 cm³/mol. The van der Waals surface area contributed by atoms with E-state index >= 15 is 8.78 Å². The third-order valence-corrected chi connectivity index (χ3v) is 10.8. The Kier molecular flexibility index (Phi) is 7.66. The molecule has 0 radical (unpaired) electrons. The average Bonchev–Trinajstić information content (AvgIpc) is 3.65. The van der Waals surface area contributed by atoms with Crippen LogP contribution in [0.2, 0.25) is 0 Å². The van der Waals surface area contributed by atoms with Gasteiger partial charge in [0, 0.05) is 67.6 Å². The second-order valence-corrected chi connectivity index (χ2v) is 13.7. The number of hydrogen-bond acceptors (Lipinski definition) is 9. The maximum atomic E-state index is 16.8. The van der Waals surface area contributed by atoms with Crippen molar-refractivity contribution in [3.05, 3.63) is 54.1 Å². The molecule has 4 aliphatic heterocycles. The van der Waals surface area contributed by atoms with E-state index in [1.165, 1.54) is 18.2 Å². The number of aliphatic hydroxyl groups excluding tert-OH is 1. The molecule has 248 valence electrons. The number of aromatic hydroxyl groups is 1. The summed E-state index contributed by atoms with van der Waals surface area (Å²) in [6.45, 7) is 3.31. The SMILES string of the molecule is NC[C@H](O)CN1C2CCC1CN(c1nc(OCC34CCCN3C[C@H](F)C4)nc3c(F)c(-c4cc(O)cc5cccc(F)c45)ccc13)C2. The van der Waals surface area contributed by atoms with Crippen LogP contribution >= 0.6 is 0 Å². The van der Waals surface area contributed by atoms with Crippen LogP contribution in [0.25, 0.3) is 32.8 Å². The number of rotatable bonds is 8. The number of fused-ring (bicyclic) bond motifs is 5. The number of aromatic nitrogens is 2. The van der Waals surface area contributed by atoms with Gasteiger partial charge >= 0.3 is 6.01 Å². The molecule has 2 bridgehead atoms. The summed E-state index contributed by atoms with van der Waals surface area (Å²) in [6.07, 6.45) is 2.53. The number of alkyl halides is 1. The molecule has 5 heterocycles. The smallest absolute Gasteiger partial charge is 0.319 e. The maximum Gasteiger partial charge on any atom is 0.319 e. The summed E-state index contributed by atoms with van der Waals surface area (Å²) in [5.74, 6) is -0.778. The molecule has 4 aliphatic rings. The number of benzene rings is 3. The van der Waals surface area contributed by atoms with Gasteiger partial charge in [0.15, 0.2) is 5.82 Å². The van der Waals surface area contributed by atoms with Gasteiger partial charge in [0.2, 0.25) is 0 Å². The van der Waals surface area contributed by atoms with Crippen LogP contribution in [0.15, 0.2) is 42.5 Å². The van der Waals surface area contributed by atoms with Crippen molar-refractivity contribution in [3.63, 3.8) is 0 Å². The van der Waals surface area contributed by atoms with Gasteiger partial charge in [-0.15, -0.1) is 0 Å². The molecule has 0 aliphatic carbocycles. The monoisotopic (exact) mass is 648 g/mol. The lowest BCUT2D eigenvalue weighted by Gasteiger charge is -2.42. The standard InChI is InChI=1S/C35H39F3N6O3/c36-21-13-35(9-2-10-43(35)15-21)19-47-34-40-32-27(33(41-34)42-16-22-5-6-23(17-42)44(22)18-25(46)14-39)8-7-26(31(32)38)28-12-24(45)11-20-3-1-4-29(37)30(20)28/h1,3-4,7-8,11-12,21-23,25,45-46H,2,5-6,9-10,13-19,39H2/t21-,22?,23?,25+,35?/m1/s1. The number of nitrogens with two attached hydrogens (primary N) is 1. The molecule has 4 N–H and O–H groups in total. The van der Waals surface area contributed by atoms with Gasteiger partial charge in [0.25, 0.3) is 0 Å². The number of halogens is 3. The average molecular weight is 649 g/mol. The predicted octanol–water partition coefficient (Wildman–Crippen LogP) is 4.36. The Hall–Kier alpha value is -3.71. The normalized spacial score (nSPS) is 26.8. The first-order valence-electron chi connectivity index (χ1n) is 16.6. The zero-order chi connectivity index (χ0) is 32.4. The van der Waals surface area contributed by atoms with Crippen LogP contribution in [0.5, 0.6) is 11.8 Å². The minimum Gasteiger partial charge on any atom is -0.508 e. The zero-order valence-electron chi connectivity index (χ0n) is 26.1.